The van der Waals surface area contributed by atoms with Gasteiger partial charge in [-0.25, -0.2) is 0 Å². The molecule has 1 aromatic heterocycles. The van der Waals surface area contributed by atoms with Crippen LogP contribution in [0.15, 0.2) is 6.07 Å². The van der Waals surface area contributed by atoms with E-state index in [2.05, 4.69) is 10.4 Å². The number of rotatable bonds is 7. The highest BCUT2D eigenvalue weighted by Crippen LogP contribution is 2.06. The number of nitrogens with one attached hydrogen (secondary N) is 1. The van der Waals surface area contributed by atoms with E-state index >= 15 is 0 Å². The SMILES string of the molecule is CCc1cc(C(=O)NC(C)CCCC(=O)O)n(C)n1. The van der Waals surface area contributed by atoms with Crippen molar-refractivity contribution < 1.29 is 14.7 Å². The highest BCUT2D eigenvalue weighted by molar-refractivity contribution is 5.92. The highest BCUT2D eigenvalue weighted by atomic mass is 16.4. The number of carboxylic acid groups (broad SMARTS) is 1. The first-order valence-corrected chi connectivity index (χ1v) is 6.49. The molecule has 6 heteroatoms. The molecule has 106 valence electrons. The van der Waals surface area contributed by atoms with Crippen LogP contribution in [0.4, 0.5) is 0 Å². The van der Waals surface area contributed by atoms with Crippen molar-refractivity contribution in [2.24, 2.45) is 7.05 Å². The molecule has 1 heterocycles. The van der Waals surface area contributed by atoms with Crippen LogP contribution in [-0.2, 0) is 18.3 Å². The Bertz CT molecular complexity index is 454. The Morgan fingerprint density at radius 3 is 2.74 bits per heavy atom. The molecular weight excluding hydrogens is 246 g/mol. The van der Waals surface area contributed by atoms with Crippen LogP contribution in [0.2, 0.25) is 0 Å². The lowest BCUT2D eigenvalue weighted by Gasteiger charge is -2.13. The molecule has 0 fully saturated rings. The van der Waals surface area contributed by atoms with E-state index in [9.17, 15) is 9.59 Å². The lowest BCUT2D eigenvalue weighted by atomic mass is 10.1. The van der Waals surface area contributed by atoms with Gasteiger partial charge in [0.1, 0.15) is 5.69 Å². The molecular formula is C13H21N3O3. The summed E-state index contributed by atoms with van der Waals surface area (Å²) in [5, 5.41) is 15.6. The van der Waals surface area contributed by atoms with Crippen molar-refractivity contribution in [1.82, 2.24) is 15.1 Å². The molecule has 0 aromatic carbocycles. The summed E-state index contributed by atoms with van der Waals surface area (Å²) in [6.45, 7) is 3.86. The number of carboxylic acids is 1. The first-order chi connectivity index (χ1) is 8.93. The van der Waals surface area contributed by atoms with Gasteiger partial charge in [0.2, 0.25) is 0 Å². The number of carbonyl (C=O) groups is 2. The molecule has 0 aliphatic heterocycles. The Morgan fingerprint density at radius 2 is 2.21 bits per heavy atom. The zero-order chi connectivity index (χ0) is 14.4. The van der Waals surface area contributed by atoms with Gasteiger partial charge in [0, 0.05) is 19.5 Å². The molecule has 0 spiro atoms. The molecule has 0 bridgehead atoms. The van der Waals surface area contributed by atoms with E-state index < -0.39 is 5.97 Å². The third kappa shape index (κ3) is 4.73. The van der Waals surface area contributed by atoms with E-state index in [1.54, 1.807) is 17.8 Å². The van der Waals surface area contributed by atoms with Crippen LogP contribution >= 0.6 is 0 Å². The fourth-order valence-electron chi connectivity index (χ4n) is 1.84. The maximum absolute atomic E-state index is 12.0. The van der Waals surface area contributed by atoms with Crippen LogP contribution in [0.3, 0.4) is 0 Å². The molecule has 1 unspecified atom stereocenters. The molecule has 6 nitrogen and oxygen atoms in total. The Labute approximate surface area is 112 Å². The zero-order valence-electron chi connectivity index (χ0n) is 11.6. The van der Waals surface area contributed by atoms with Crippen LogP contribution in [0, 0.1) is 0 Å². The average Bonchev–Trinajstić information content (AvgIpc) is 2.70. The third-order valence-electron chi connectivity index (χ3n) is 2.93. The standard InChI is InChI=1S/C13H21N3O3/c1-4-10-8-11(16(3)15-10)13(19)14-9(2)6-5-7-12(17)18/h8-9H,4-7H2,1-3H3,(H,14,19)(H,17,18). The topological polar surface area (TPSA) is 84.2 Å². The number of carbonyl (C=O) groups excluding carboxylic acids is 1. The molecule has 2 N–H and O–H groups in total. The quantitative estimate of drug-likeness (QED) is 0.781. The molecule has 1 amide bonds. The number of aliphatic carboxylic acids is 1. The van der Waals surface area contributed by atoms with E-state index in [1.807, 2.05) is 13.8 Å². The van der Waals surface area contributed by atoms with Gasteiger partial charge in [0.15, 0.2) is 0 Å². The molecule has 0 aliphatic rings. The summed E-state index contributed by atoms with van der Waals surface area (Å²) in [6.07, 6.45) is 2.13. The Hall–Kier alpha value is -1.85. The van der Waals surface area contributed by atoms with Crippen molar-refractivity contribution in [1.29, 1.82) is 0 Å². The van der Waals surface area contributed by atoms with Gasteiger partial charge in [0.25, 0.3) is 5.91 Å². The summed E-state index contributed by atoms with van der Waals surface area (Å²) < 4.78 is 1.57. The van der Waals surface area contributed by atoms with Gasteiger partial charge in [-0.15, -0.1) is 0 Å². The predicted octanol–water partition coefficient (Wildman–Crippen LogP) is 1.36. The first kappa shape index (κ1) is 15.2. The van der Waals surface area contributed by atoms with Crippen molar-refractivity contribution in [3.05, 3.63) is 17.5 Å². The fourth-order valence-corrected chi connectivity index (χ4v) is 1.84. The summed E-state index contributed by atoms with van der Waals surface area (Å²) >= 11 is 0. The van der Waals surface area contributed by atoms with Crippen molar-refractivity contribution >= 4 is 11.9 Å². The minimum atomic E-state index is -0.808. The number of hydrogen-bond donors (Lipinski definition) is 2. The maximum Gasteiger partial charge on any atom is 0.303 e. The maximum atomic E-state index is 12.0. The van der Waals surface area contributed by atoms with E-state index in [1.165, 1.54) is 0 Å². The fraction of sp³-hybridized carbons (Fsp3) is 0.615. The molecule has 19 heavy (non-hydrogen) atoms. The number of aromatic nitrogens is 2. The van der Waals surface area contributed by atoms with Gasteiger partial charge >= 0.3 is 5.97 Å². The minimum absolute atomic E-state index is 0.0492. The minimum Gasteiger partial charge on any atom is -0.481 e. The number of amides is 1. The largest absolute Gasteiger partial charge is 0.481 e. The lowest BCUT2D eigenvalue weighted by Crippen LogP contribution is -2.33. The van der Waals surface area contributed by atoms with Crippen molar-refractivity contribution in [2.45, 2.75) is 45.6 Å². The summed E-state index contributed by atoms with van der Waals surface area (Å²) in [4.78, 5) is 22.4. The molecule has 1 aromatic rings. The highest BCUT2D eigenvalue weighted by Gasteiger charge is 2.15. The predicted molar refractivity (Wildman–Crippen MR) is 71.0 cm³/mol. The summed E-state index contributed by atoms with van der Waals surface area (Å²) in [7, 11) is 1.74. The molecule has 1 rings (SSSR count). The van der Waals surface area contributed by atoms with Gasteiger partial charge in [0.05, 0.1) is 5.69 Å². The van der Waals surface area contributed by atoms with Gasteiger partial charge in [-0.2, -0.15) is 5.10 Å². The number of hydrogen-bond acceptors (Lipinski definition) is 3. The van der Waals surface area contributed by atoms with Crippen LogP contribution in [0.5, 0.6) is 0 Å². The van der Waals surface area contributed by atoms with Crippen LogP contribution in [0.25, 0.3) is 0 Å². The molecule has 0 saturated carbocycles. The van der Waals surface area contributed by atoms with Gasteiger partial charge in [-0.3, -0.25) is 14.3 Å². The Kier molecular flexibility index (Phi) is 5.54. The van der Waals surface area contributed by atoms with Gasteiger partial charge in [-0.1, -0.05) is 6.92 Å². The number of nitrogens with zero attached hydrogens (tertiary/aromatic N) is 2. The van der Waals surface area contributed by atoms with E-state index in [-0.39, 0.29) is 18.4 Å². The van der Waals surface area contributed by atoms with Crippen LogP contribution in [0.1, 0.15) is 49.3 Å². The van der Waals surface area contributed by atoms with E-state index in [4.69, 9.17) is 5.11 Å². The van der Waals surface area contributed by atoms with Gasteiger partial charge in [-0.05, 0) is 32.3 Å². The zero-order valence-corrected chi connectivity index (χ0v) is 11.6. The smallest absolute Gasteiger partial charge is 0.303 e. The lowest BCUT2D eigenvalue weighted by molar-refractivity contribution is -0.137. The third-order valence-corrected chi connectivity index (χ3v) is 2.93. The second-order valence-electron chi connectivity index (χ2n) is 4.66. The number of aryl methyl sites for hydroxylation is 2. The van der Waals surface area contributed by atoms with Crippen LogP contribution < -0.4 is 5.32 Å². The monoisotopic (exact) mass is 267 g/mol. The van der Waals surface area contributed by atoms with Crippen molar-refractivity contribution in [3.63, 3.8) is 0 Å². The molecule has 0 radical (unpaired) electrons. The summed E-state index contributed by atoms with van der Waals surface area (Å²) in [6, 6.07) is 1.73. The Balaban J connectivity index is 2.49. The van der Waals surface area contributed by atoms with E-state index in [0.29, 0.717) is 18.5 Å². The molecule has 0 aliphatic carbocycles. The molecule has 1 atom stereocenters. The van der Waals surface area contributed by atoms with E-state index in [0.717, 1.165) is 12.1 Å². The van der Waals surface area contributed by atoms with Crippen molar-refractivity contribution in [3.8, 4) is 0 Å². The summed E-state index contributed by atoms with van der Waals surface area (Å²) in [5.41, 5.74) is 1.41. The Morgan fingerprint density at radius 1 is 1.53 bits per heavy atom. The normalized spacial score (nSPS) is 12.2. The first-order valence-electron chi connectivity index (χ1n) is 6.49. The molecule has 0 saturated heterocycles. The van der Waals surface area contributed by atoms with Crippen LogP contribution in [-0.4, -0.2) is 32.8 Å². The second-order valence-corrected chi connectivity index (χ2v) is 4.66. The van der Waals surface area contributed by atoms with Crippen molar-refractivity contribution in [2.75, 3.05) is 0 Å². The van der Waals surface area contributed by atoms with Gasteiger partial charge < -0.3 is 10.4 Å². The summed E-state index contributed by atoms with van der Waals surface area (Å²) in [5.74, 6) is -0.977. The average molecular weight is 267 g/mol. The second kappa shape index (κ2) is 6.92.